The molecule has 146 valence electrons. The molecule has 0 atom stereocenters. The number of carbonyl (C=O) groups excluding carboxylic acids is 1. The number of nitrogens with zero attached hydrogens (tertiary/aromatic N) is 3. The first kappa shape index (κ1) is 19.5. The van der Waals surface area contributed by atoms with Crippen LogP contribution in [0.15, 0.2) is 35.2 Å². The molecule has 3 rings (SSSR count). The van der Waals surface area contributed by atoms with E-state index in [4.69, 9.17) is 0 Å². The second kappa shape index (κ2) is 7.38. The molecule has 1 aromatic carbocycles. The normalized spacial score (nSPS) is 14.6. The van der Waals surface area contributed by atoms with Crippen LogP contribution in [0, 0.1) is 13.8 Å². The van der Waals surface area contributed by atoms with Crippen LogP contribution in [-0.2, 0) is 17.1 Å². The monoisotopic (exact) mass is 389 g/mol. The van der Waals surface area contributed by atoms with Gasteiger partial charge in [-0.05, 0) is 45.7 Å². The smallest absolute Gasteiger partial charge is 0.266 e. The first-order valence-electron chi connectivity index (χ1n) is 9.33. The number of likely N-dealkylation sites (tertiary alicyclic amines) is 1. The number of anilines is 1. The van der Waals surface area contributed by atoms with Crippen LogP contribution in [0.1, 0.15) is 41.5 Å². The topological polar surface area (TPSA) is 62.6 Å². The first-order valence-corrected chi connectivity index (χ1v) is 10.8. The molecule has 0 bridgehead atoms. The Morgan fingerprint density at radius 2 is 1.67 bits per heavy atom. The Balaban J connectivity index is 2.17. The molecule has 0 radical (unpaired) electrons. The molecule has 0 saturated carbocycles. The van der Waals surface area contributed by atoms with Gasteiger partial charge in [-0.15, -0.1) is 0 Å². The van der Waals surface area contributed by atoms with Crippen molar-refractivity contribution in [2.24, 2.45) is 7.05 Å². The quantitative estimate of drug-likeness (QED) is 0.789. The van der Waals surface area contributed by atoms with Crippen LogP contribution in [0.2, 0.25) is 0 Å². The van der Waals surface area contributed by atoms with Crippen LogP contribution < -0.4 is 4.31 Å². The van der Waals surface area contributed by atoms with E-state index in [1.807, 2.05) is 32.2 Å². The highest BCUT2D eigenvalue weighted by Gasteiger charge is 2.36. The minimum Gasteiger partial charge on any atom is -0.350 e. The summed E-state index contributed by atoms with van der Waals surface area (Å²) in [6.07, 6.45) is 1.92. The summed E-state index contributed by atoms with van der Waals surface area (Å²) in [6.45, 7) is 7.03. The van der Waals surface area contributed by atoms with Gasteiger partial charge in [-0.1, -0.05) is 18.2 Å². The van der Waals surface area contributed by atoms with Gasteiger partial charge in [-0.25, -0.2) is 8.42 Å². The molecule has 1 saturated heterocycles. The van der Waals surface area contributed by atoms with E-state index in [0.717, 1.165) is 12.8 Å². The number of carbonyl (C=O) groups is 1. The molecule has 1 aliphatic heterocycles. The van der Waals surface area contributed by atoms with E-state index < -0.39 is 10.0 Å². The van der Waals surface area contributed by atoms with E-state index in [1.165, 1.54) is 4.31 Å². The highest BCUT2D eigenvalue weighted by Crippen LogP contribution is 2.32. The maximum absolute atomic E-state index is 13.6. The fraction of sp³-hybridized carbons (Fsp3) is 0.450. The number of para-hydroxylation sites is 1. The van der Waals surface area contributed by atoms with Gasteiger partial charge in [0.15, 0.2) is 0 Å². The van der Waals surface area contributed by atoms with Gasteiger partial charge < -0.3 is 9.47 Å². The molecule has 0 spiro atoms. The third-order valence-corrected chi connectivity index (χ3v) is 7.48. The van der Waals surface area contributed by atoms with Crippen molar-refractivity contribution in [3.63, 3.8) is 0 Å². The number of rotatable bonds is 5. The van der Waals surface area contributed by atoms with Crippen LogP contribution >= 0.6 is 0 Å². The average molecular weight is 390 g/mol. The molecule has 1 aromatic heterocycles. The molecule has 1 fully saturated rings. The Morgan fingerprint density at radius 1 is 1.07 bits per heavy atom. The molecular weight excluding hydrogens is 362 g/mol. The number of amides is 1. The summed E-state index contributed by atoms with van der Waals surface area (Å²) >= 11 is 0. The molecule has 1 aliphatic rings. The summed E-state index contributed by atoms with van der Waals surface area (Å²) in [4.78, 5) is 15.1. The zero-order chi connectivity index (χ0) is 19.8. The molecule has 1 amide bonds. The third-order valence-electron chi connectivity index (χ3n) is 5.41. The maximum atomic E-state index is 13.6. The van der Waals surface area contributed by atoms with E-state index >= 15 is 0 Å². The van der Waals surface area contributed by atoms with Gasteiger partial charge in [0, 0.05) is 38.1 Å². The zero-order valence-electron chi connectivity index (χ0n) is 16.4. The predicted octanol–water partition coefficient (Wildman–Crippen LogP) is 3.09. The van der Waals surface area contributed by atoms with Crippen molar-refractivity contribution in [3.05, 3.63) is 47.3 Å². The minimum atomic E-state index is -3.88. The number of hydrogen-bond donors (Lipinski definition) is 0. The molecule has 0 unspecified atom stereocenters. The van der Waals surface area contributed by atoms with Crippen LogP contribution in [0.3, 0.4) is 0 Å². The molecule has 7 heteroatoms. The summed E-state index contributed by atoms with van der Waals surface area (Å²) in [6, 6.07) is 9.02. The Hall–Kier alpha value is -2.28. The van der Waals surface area contributed by atoms with E-state index in [1.54, 1.807) is 35.4 Å². The van der Waals surface area contributed by atoms with E-state index in [-0.39, 0.29) is 17.3 Å². The lowest BCUT2D eigenvalue weighted by molar-refractivity contribution is 0.0788. The van der Waals surface area contributed by atoms with Gasteiger partial charge in [-0.3, -0.25) is 9.10 Å². The van der Waals surface area contributed by atoms with E-state index in [0.29, 0.717) is 35.7 Å². The second-order valence-corrected chi connectivity index (χ2v) is 8.74. The third kappa shape index (κ3) is 3.25. The minimum absolute atomic E-state index is 0.130. The van der Waals surface area contributed by atoms with Gasteiger partial charge in [0.05, 0.1) is 11.3 Å². The number of sulfonamides is 1. The Bertz CT molecular complexity index is 943. The van der Waals surface area contributed by atoms with Gasteiger partial charge >= 0.3 is 0 Å². The lowest BCUT2D eigenvalue weighted by atomic mass is 10.2. The molecule has 0 aliphatic carbocycles. The summed E-state index contributed by atoms with van der Waals surface area (Å²) in [7, 11) is -2.07. The summed E-state index contributed by atoms with van der Waals surface area (Å²) in [5.41, 5.74) is 2.18. The first-order chi connectivity index (χ1) is 12.8. The van der Waals surface area contributed by atoms with Crippen molar-refractivity contribution >= 4 is 21.6 Å². The van der Waals surface area contributed by atoms with Gasteiger partial charge in [-0.2, -0.15) is 0 Å². The summed E-state index contributed by atoms with van der Waals surface area (Å²) in [5, 5.41) is 0. The molecule has 0 N–H and O–H groups in total. The van der Waals surface area contributed by atoms with Crippen molar-refractivity contribution in [2.75, 3.05) is 23.9 Å². The highest BCUT2D eigenvalue weighted by molar-refractivity contribution is 7.93. The SMILES string of the molecule is CCN(c1ccccc1)S(=O)(=O)c1c(C(=O)N2CCCC2)c(C)n(C)c1C. The summed E-state index contributed by atoms with van der Waals surface area (Å²) < 4.78 is 30.4. The van der Waals surface area contributed by atoms with Gasteiger partial charge in [0.1, 0.15) is 4.90 Å². The number of benzene rings is 1. The standard InChI is InChI=1S/C20H27N3O3S/c1-5-23(17-11-7-6-8-12-17)27(25,26)19-16(3)21(4)15(2)18(19)20(24)22-13-9-10-14-22/h6-8,11-12H,5,9-10,13-14H2,1-4H3. The van der Waals surface area contributed by atoms with Crippen LogP contribution in [-0.4, -0.2) is 43.4 Å². The largest absolute Gasteiger partial charge is 0.350 e. The fourth-order valence-corrected chi connectivity index (χ4v) is 5.72. The maximum Gasteiger partial charge on any atom is 0.266 e. The molecule has 2 aromatic rings. The second-order valence-electron chi connectivity index (χ2n) is 6.94. The van der Waals surface area contributed by atoms with E-state index in [9.17, 15) is 13.2 Å². The lowest BCUT2D eigenvalue weighted by Gasteiger charge is -2.24. The zero-order valence-corrected chi connectivity index (χ0v) is 17.2. The van der Waals surface area contributed by atoms with Crippen LogP contribution in [0.5, 0.6) is 0 Å². The lowest BCUT2D eigenvalue weighted by Crippen LogP contribution is -2.34. The van der Waals surface area contributed by atoms with Crippen LogP contribution in [0.25, 0.3) is 0 Å². The van der Waals surface area contributed by atoms with Crippen molar-refractivity contribution in [3.8, 4) is 0 Å². The highest BCUT2D eigenvalue weighted by atomic mass is 32.2. The van der Waals surface area contributed by atoms with E-state index in [2.05, 4.69) is 0 Å². The fourth-order valence-electron chi connectivity index (χ4n) is 3.76. The Kier molecular flexibility index (Phi) is 5.33. The molecular formula is C20H27N3O3S. The number of aromatic nitrogens is 1. The molecule has 2 heterocycles. The van der Waals surface area contributed by atoms with Crippen LogP contribution in [0.4, 0.5) is 5.69 Å². The molecule has 6 nitrogen and oxygen atoms in total. The molecule has 27 heavy (non-hydrogen) atoms. The van der Waals surface area contributed by atoms with Gasteiger partial charge in [0.25, 0.3) is 15.9 Å². The summed E-state index contributed by atoms with van der Waals surface area (Å²) in [5.74, 6) is -0.184. The van der Waals surface area contributed by atoms with Crippen molar-refractivity contribution in [1.82, 2.24) is 9.47 Å². The Morgan fingerprint density at radius 3 is 2.22 bits per heavy atom. The predicted molar refractivity (Wildman–Crippen MR) is 107 cm³/mol. The van der Waals surface area contributed by atoms with Crippen molar-refractivity contribution in [1.29, 1.82) is 0 Å². The van der Waals surface area contributed by atoms with Crippen molar-refractivity contribution in [2.45, 2.75) is 38.5 Å². The Labute approximate surface area is 161 Å². The van der Waals surface area contributed by atoms with Gasteiger partial charge in [0.2, 0.25) is 0 Å². The average Bonchev–Trinajstić information content (AvgIpc) is 3.26. The van der Waals surface area contributed by atoms with Crippen molar-refractivity contribution < 1.29 is 13.2 Å². The number of hydrogen-bond acceptors (Lipinski definition) is 3.